The van der Waals surface area contributed by atoms with Gasteiger partial charge in [0.1, 0.15) is 22.9 Å². The maximum absolute atomic E-state index is 12.4. The van der Waals surface area contributed by atoms with Crippen LogP contribution < -0.4 is 9.47 Å². The number of allylic oxidation sites excluding steroid dienone is 2. The molecule has 1 aliphatic carbocycles. The predicted molar refractivity (Wildman–Crippen MR) is 103 cm³/mol. The molecule has 1 saturated heterocycles. The lowest BCUT2D eigenvalue weighted by Crippen LogP contribution is -2.44. The van der Waals surface area contributed by atoms with Crippen molar-refractivity contribution in [1.82, 2.24) is 0 Å². The van der Waals surface area contributed by atoms with Crippen LogP contribution in [-0.2, 0) is 25.5 Å². The molecule has 6 heteroatoms. The van der Waals surface area contributed by atoms with Gasteiger partial charge in [-0.15, -0.1) is 6.58 Å². The van der Waals surface area contributed by atoms with Gasteiger partial charge in [0.05, 0.1) is 7.11 Å². The number of methoxy groups -OCH3 is 1. The summed E-state index contributed by atoms with van der Waals surface area (Å²) < 4.78 is 22.3. The molecule has 1 aliphatic heterocycles. The van der Waals surface area contributed by atoms with Crippen molar-refractivity contribution in [3.05, 3.63) is 48.3 Å². The largest absolute Gasteiger partial charge is 0.497 e. The molecule has 1 aromatic carbocycles. The standard InChI is InChI=1S/C22H26O6/c1-5-6-17-12-22(21(11-19(17)24)26-13-27-22)14(2)9-16-7-8-18(25-4)10-20(16)28-15(3)23/h5,7-8,10-11,14,17H,1,6,9,12-13H2,2-4H3/t14-,17-,22+/m0/s1. The van der Waals surface area contributed by atoms with Gasteiger partial charge in [0.2, 0.25) is 0 Å². The van der Waals surface area contributed by atoms with Crippen molar-refractivity contribution in [2.45, 2.75) is 38.7 Å². The van der Waals surface area contributed by atoms with Gasteiger partial charge < -0.3 is 18.9 Å². The van der Waals surface area contributed by atoms with Crippen molar-refractivity contribution >= 4 is 11.8 Å². The van der Waals surface area contributed by atoms with E-state index in [-0.39, 0.29) is 24.4 Å². The van der Waals surface area contributed by atoms with Crippen molar-refractivity contribution in [1.29, 1.82) is 0 Å². The molecule has 3 rings (SSSR count). The first-order valence-electron chi connectivity index (χ1n) is 9.38. The van der Waals surface area contributed by atoms with E-state index < -0.39 is 11.6 Å². The van der Waals surface area contributed by atoms with E-state index in [1.165, 1.54) is 6.92 Å². The van der Waals surface area contributed by atoms with E-state index in [1.54, 1.807) is 25.3 Å². The zero-order chi connectivity index (χ0) is 20.3. The normalized spacial score (nSPS) is 24.6. The van der Waals surface area contributed by atoms with Crippen LogP contribution >= 0.6 is 0 Å². The first-order chi connectivity index (χ1) is 13.4. The third kappa shape index (κ3) is 3.83. The average Bonchev–Trinajstić information content (AvgIpc) is 3.07. The molecule has 0 spiro atoms. The lowest BCUT2D eigenvalue weighted by Gasteiger charge is -2.38. The van der Waals surface area contributed by atoms with Crippen LogP contribution in [0.4, 0.5) is 0 Å². The van der Waals surface area contributed by atoms with E-state index in [9.17, 15) is 9.59 Å². The van der Waals surface area contributed by atoms with Gasteiger partial charge in [-0.1, -0.05) is 19.1 Å². The van der Waals surface area contributed by atoms with E-state index in [2.05, 4.69) is 13.5 Å². The van der Waals surface area contributed by atoms with Crippen molar-refractivity contribution in [2.24, 2.45) is 11.8 Å². The maximum atomic E-state index is 12.4. The molecule has 0 bridgehead atoms. The maximum Gasteiger partial charge on any atom is 0.308 e. The summed E-state index contributed by atoms with van der Waals surface area (Å²) in [6.45, 7) is 7.32. The third-order valence-electron chi connectivity index (χ3n) is 5.47. The minimum absolute atomic E-state index is 0.00984. The summed E-state index contributed by atoms with van der Waals surface area (Å²) in [6.07, 6.45) is 5.06. The van der Waals surface area contributed by atoms with Crippen molar-refractivity contribution in [2.75, 3.05) is 13.9 Å². The average molecular weight is 386 g/mol. The number of hydrogen-bond donors (Lipinski definition) is 0. The highest BCUT2D eigenvalue weighted by Gasteiger charge is 2.51. The van der Waals surface area contributed by atoms with Crippen LogP contribution in [0.1, 0.15) is 32.3 Å². The number of rotatable bonds is 7. The molecule has 0 N–H and O–H groups in total. The molecule has 0 unspecified atom stereocenters. The van der Waals surface area contributed by atoms with Gasteiger partial charge >= 0.3 is 5.97 Å². The summed E-state index contributed by atoms with van der Waals surface area (Å²) >= 11 is 0. The van der Waals surface area contributed by atoms with Crippen molar-refractivity contribution < 1.29 is 28.5 Å². The van der Waals surface area contributed by atoms with E-state index >= 15 is 0 Å². The van der Waals surface area contributed by atoms with Crippen LogP contribution in [0.2, 0.25) is 0 Å². The Balaban J connectivity index is 1.90. The monoisotopic (exact) mass is 386 g/mol. The van der Waals surface area contributed by atoms with E-state index in [4.69, 9.17) is 18.9 Å². The van der Waals surface area contributed by atoms with Gasteiger partial charge in [0.15, 0.2) is 12.6 Å². The number of ketones is 1. The Hall–Kier alpha value is -2.60. The second-order valence-electron chi connectivity index (χ2n) is 7.30. The quantitative estimate of drug-likeness (QED) is 0.405. The van der Waals surface area contributed by atoms with E-state index in [1.807, 2.05) is 12.1 Å². The minimum atomic E-state index is -0.672. The molecule has 6 nitrogen and oxygen atoms in total. The molecule has 0 aromatic heterocycles. The van der Waals surface area contributed by atoms with Crippen LogP contribution in [0.25, 0.3) is 0 Å². The molecule has 28 heavy (non-hydrogen) atoms. The fourth-order valence-corrected chi connectivity index (χ4v) is 3.99. The van der Waals surface area contributed by atoms with Crippen LogP contribution in [0.15, 0.2) is 42.7 Å². The summed E-state index contributed by atoms with van der Waals surface area (Å²) in [5.74, 6) is 1.14. The second-order valence-corrected chi connectivity index (χ2v) is 7.30. The molecule has 2 aliphatic rings. The Morgan fingerprint density at radius 2 is 2.25 bits per heavy atom. The summed E-state index contributed by atoms with van der Waals surface area (Å²) in [4.78, 5) is 23.9. The predicted octanol–water partition coefficient (Wildman–Crippen LogP) is 3.59. The van der Waals surface area contributed by atoms with E-state index in [0.29, 0.717) is 36.5 Å². The van der Waals surface area contributed by atoms with Gasteiger partial charge in [-0.25, -0.2) is 0 Å². The number of fused-ring (bicyclic) bond motifs is 1. The number of benzene rings is 1. The molecule has 1 heterocycles. The molecule has 0 radical (unpaired) electrons. The summed E-state index contributed by atoms with van der Waals surface area (Å²) in [7, 11) is 1.56. The lowest BCUT2D eigenvalue weighted by molar-refractivity contribution is -0.132. The number of hydrogen-bond acceptors (Lipinski definition) is 6. The highest BCUT2D eigenvalue weighted by atomic mass is 16.7. The Morgan fingerprint density at radius 3 is 2.93 bits per heavy atom. The van der Waals surface area contributed by atoms with Gasteiger partial charge in [-0.3, -0.25) is 9.59 Å². The number of carbonyl (C=O) groups excluding carboxylic acids is 2. The topological polar surface area (TPSA) is 71.1 Å². The molecule has 0 saturated carbocycles. The van der Waals surface area contributed by atoms with Crippen LogP contribution in [0, 0.1) is 11.8 Å². The Labute approximate surface area is 165 Å². The molecule has 3 atom stereocenters. The fraction of sp³-hybridized carbons (Fsp3) is 0.455. The SMILES string of the molecule is C=CC[C@H]1C[C@]2([C@@H](C)Cc3ccc(OC)cc3OC(C)=O)OCOC2=CC1=O. The van der Waals surface area contributed by atoms with Crippen molar-refractivity contribution in [3.8, 4) is 11.5 Å². The zero-order valence-corrected chi connectivity index (χ0v) is 16.5. The molecular formula is C22H26O6. The molecular weight excluding hydrogens is 360 g/mol. The fourth-order valence-electron chi connectivity index (χ4n) is 3.99. The van der Waals surface area contributed by atoms with Gasteiger partial charge in [-0.05, 0) is 36.8 Å². The highest BCUT2D eigenvalue weighted by molar-refractivity contribution is 5.93. The number of esters is 1. The summed E-state index contributed by atoms with van der Waals surface area (Å²) in [5, 5.41) is 0. The van der Waals surface area contributed by atoms with Crippen LogP contribution in [0.5, 0.6) is 11.5 Å². The zero-order valence-electron chi connectivity index (χ0n) is 16.5. The summed E-state index contributed by atoms with van der Waals surface area (Å²) in [6, 6.07) is 5.42. The Morgan fingerprint density at radius 1 is 1.46 bits per heavy atom. The molecule has 0 amide bonds. The molecule has 1 fully saturated rings. The van der Waals surface area contributed by atoms with Crippen LogP contribution in [-0.4, -0.2) is 31.3 Å². The first kappa shape index (κ1) is 20.1. The highest BCUT2D eigenvalue weighted by Crippen LogP contribution is 2.46. The van der Waals surface area contributed by atoms with Gasteiger partial charge in [-0.2, -0.15) is 0 Å². The number of carbonyl (C=O) groups is 2. The Kier molecular flexibility index (Phi) is 5.89. The van der Waals surface area contributed by atoms with Crippen molar-refractivity contribution in [3.63, 3.8) is 0 Å². The summed E-state index contributed by atoms with van der Waals surface area (Å²) in [5.41, 5.74) is 0.194. The second kappa shape index (κ2) is 8.19. The first-order valence-corrected chi connectivity index (χ1v) is 9.38. The lowest BCUT2D eigenvalue weighted by atomic mass is 9.71. The third-order valence-corrected chi connectivity index (χ3v) is 5.47. The molecule has 150 valence electrons. The Bertz CT molecular complexity index is 811. The van der Waals surface area contributed by atoms with E-state index in [0.717, 1.165) is 5.56 Å². The number of ether oxygens (including phenoxy) is 4. The smallest absolute Gasteiger partial charge is 0.308 e. The van der Waals surface area contributed by atoms with Gasteiger partial charge in [0, 0.05) is 25.0 Å². The minimum Gasteiger partial charge on any atom is -0.497 e. The molecule has 1 aromatic rings. The van der Waals surface area contributed by atoms with Gasteiger partial charge in [0.25, 0.3) is 0 Å². The van der Waals surface area contributed by atoms with Crippen LogP contribution in [0.3, 0.4) is 0 Å².